The normalized spacial score (nSPS) is 12.6. The third-order valence-electron chi connectivity index (χ3n) is 1.77. The highest BCUT2D eigenvalue weighted by Gasteiger charge is 2.56. The number of rotatable bonds is 6. The van der Waals surface area contributed by atoms with E-state index in [0.717, 1.165) is 0 Å². The summed E-state index contributed by atoms with van der Waals surface area (Å²) in [5.41, 5.74) is 0. The Labute approximate surface area is 89.8 Å². The first kappa shape index (κ1) is 15.1. The van der Waals surface area contributed by atoms with Gasteiger partial charge >= 0.3 is 18.1 Å². The van der Waals surface area contributed by atoms with Crippen molar-refractivity contribution in [3.05, 3.63) is 0 Å². The number of alkyl halides is 5. The topological polar surface area (TPSA) is 26.3 Å². The summed E-state index contributed by atoms with van der Waals surface area (Å²) in [5.74, 6) is -5.30. The highest BCUT2D eigenvalue weighted by atomic mass is 19.4. The summed E-state index contributed by atoms with van der Waals surface area (Å²) in [6.45, 7) is 1.31. The van der Waals surface area contributed by atoms with Crippen LogP contribution in [0.15, 0.2) is 0 Å². The number of hydrogen-bond donors (Lipinski definition) is 0. The fourth-order valence-corrected chi connectivity index (χ4v) is 0.898. The van der Waals surface area contributed by atoms with E-state index in [1.807, 2.05) is 0 Å². The van der Waals surface area contributed by atoms with Gasteiger partial charge in [0.05, 0.1) is 6.61 Å². The van der Waals surface area contributed by atoms with Crippen LogP contribution in [-0.2, 0) is 9.53 Å². The minimum Gasteiger partial charge on any atom is -0.466 e. The molecule has 0 bridgehead atoms. The molecule has 0 aliphatic rings. The first-order valence-corrected chi connectivity index (χ1v) is 4.81. The van der Waals surface area contributed by atoms with Gasteiger partial charge in [-0.1, -0.05) is 6.92 Å². The quantitative estimate of drug-likeness (QED) is 0.409. The minimum absolute atomic E-state index is 0.135. The summed E-state index contributed by atoms with van der Waals surface area (Å²) in [6.07, 6.45) is -6.74. The van der Waals surface area contributed by atoms with Gasteiger partial charge in [0.25, 0.3) is 0 Å². The van der Waals surface area contributed by atoms with E-state index in [9.17, 15) is 26.7 Å². The Morgan fingerprint density at radius 2 is 1.75 bits per heavy atom. The number of halogens is 5. The SMILES string of the molecule is CCCC(=O)OCCCC(F)(F)C(F)(F)F. The van der Waals surface area contributed by atoms with E-state index in [1.165, 1.54) is 0 Å². The number of esters is 1. The molecule has 0 aromatic heterocycles. The lowest BCUT2D eigenvalue weighted by Gasteiger charge is -2.19. The largest absolute Gasteiger partial charge is 0.466 e. The van der Waals surface area contributed by atoms with Crippen molar-refractivity contribution in [3.8, 4) is 0 Å². The lowest BCUT2D eigenvalue weighted by Crippen LogP contribution is -2.36. The third-order valence-corrected chi connectivity index (χ3v) is 1.77. The standard InChI is InChI=1S/C9H13F5O2/c1-2-4-7(15)16-6-3-5-8(10,11)9(12,13)14/h2-6H2,1H3. The maximum Gasteiger partial charge on any atom is 0.453 e. The van der Waals surface area contributed by atoms with Gasteiger partial charge in [-0.15, -0.1) is 0 Å². The van der Waals surface area contributed by atoms with Gasteiger partial charge in [-0.2, -0.15) is 22.0 Å². The molecule has 0 fully saturated rings. The second-order valence-electron chi connectivity index (χ2n) is 3.28. The molecule has 2 nitrogen and oxygen atoms in total. The molecule has 16 heavy (non-hydrogen) atoms. The lowest BCUT2D eigenvalue weighted by molar-refractivity contribution is -0.285. The Morgan fingerprint density at radius 1 is 1.19 bits per heavy atom. The van der Waals surface area contributed by atoms with E-state index in [1.54, 1.807) is 6.92 Å². The van der Waals surface area contributed by atoms with E-state index in [2.05, 4.69) is 4.74 Å². The molecule has 0 aromatic rings. The molecule has 0 aromatic carbocycles. The van der Waals surface area contributed by atoms with Gasteiger partial charge in [-0.3, -0.25) is 4.79 Å². The van der Waals surface area contributed by atoms with Crippen LogP contribution in [0.25, 0.3) is 0 Å². The van der Waals surface area contributed by atoms with E-state index < -0.39 is 37.5 Å². The van der Waals surface area contributed by atoms with Crippen LogP contribution in [0.1, 0.15) is 32.6 Å². The van der Waals surface area contributed by atoms with Crippen molar-refractivity contribution < 1.29 is 31.5 Å². The molecule has 0 saturated carbocycles. The summed E-state index contributed by atoms with van der Waals surface area (Å²) in [6, 6.07) is 0. The molecule has 0 radical (unpaired) electrons. The number of carbonyl (C=O) groups excluding carboxylic acids is 1. The molecule has 0 spiro atoms. The molecule has 0 N–H and O–H groups in total. The van der Waals surface area contributed by atoms with Crippen molar-refractivity contribution in [1.82, 2.24) is 0 Å². The number of carbonyl (C=O) groups is 1. The molecule has 0 amide bonds. The van der Waals surface area contributed by atoms with Gasteiger partial charge < -0.3 is 4.74 Å². The molecule has 96 valence electrons. The highest BCUT2D eigenvalue weighted by molar-refractivity contribution is 5.69. The van der Waals surface area contributed by atoms with Crippen LogP contribution in [0.5, 0.6) is 0 Å². The van der Waals surface area contributed by atoms with Gasteiger partial charge in [-0.05, 0) is 12.8 Å². The molecule has 0 aliphatic heterocycles. The van der Waals surface area contributed by atoms with Crippen molar-refractivity contribution >= 4 is 5.97 Å². The van der Waals surface area contributed by atoms with Crippen molar-refractivity contribution in [2.75, 3.05) is 6.61 Å². The van der Waals surface area contributed by atoms with Gasteiger partial charge in [0.2, 0.25) is 0 Å². The molecular formula is C9H13F5O2. The second kappa shape index (κ2) is 6.00. The van der Waals surface area contributed by atoms with Crippen LogP contribution in [0, 0.1) is 0 Å². The fraction of sp³-hybridized carbons (Fsp3) is 0.889. The van der Waals surface area contributed by atoms with Crippen molar-refractivity contribution in [2.24, 2.45) is 0 Å². The van der Waals surface area contributed by atoms with Gasteiger partial charge in [-0.25, -0.2) is 0 Å². The zero-order valence-electron chi connectivity index (χ0n) is 8.74. The van der Waals surface area contributed by atoms with Crippen LogP contribution in [0.4, 0.5) is 22.0 Å². The summed E-state index contributed by atoms with van der Waals surface area (Å²) in [4.78, 5) is 10.7. The highest BCUT2D eigenvalue weighted by Crippen LogP contribution is 2.38. The Hall–Kier alpha value is -0.880. The van der Waals surface area contributed by atoms with Crippen LogP contribution >= 0.6 is 0 Å². The molecule has 7 heteroatoms. The molecule has 0 atom stereocenters. The van der Waals surface area contributed by atoms with Crippen LogP contribution in [-0.4, -0.2) is 24.7 Å². The summed E-state index contributed by atoms with van der Waals surface area (Å²) < 4.78 is 64.2. The van der Waals surface area contributed by atoms with Gasteiger partial charge in [0.1, 0.15) is 0 Å². The first-order chi connectivity index (χ1) is 7.20. The Balaban J connectivity index is 3.78. The van der Waals surface area contributed by atoms with Crippen LogP contribution < -0.4 is 0 Å². The van der Waals surface area contributed by atoms with Crippen molar-refractivity contribution in [3.63, 3.8) is 0 Å². The minimum atomic E-state index is -5.54. The smallest absolute Gasteiger partial charge is 0.453 e. The maximum atomic E-state index is 12.3. The molecule has 0 unspecified atom stereocenters. The number of ether oxygens (including phenoxy) is 1. The van der Waals surface area contributed by atoms with Crippen LogP contribution in [0.3, 0.4) is 0 Å². The van der Waals surface area contributed by atoms with E-state index in [0.29, 0.717) is 6.42 Å². The van der Waals surface area contributed by atoms with E-state index in [-0.39, 0.29) is 6.42 Å². The van der Waals surface area contributed by atoms with Gasteiger partial charge in [0.15, 0.2) is 0 Å². The van der Waals surface area contributed by atoms with Gasteiger partial charge in [0, 0.05) is 12.8 Å². The monoisotopic (exact) mass is 248 g/mol. The summed E-state index contributed by atoms with van der Waals surface area (Å²) in [7, 11) is 0. The Bertz CT molecular complexity index is 224. The van der Waals surface area contributed by atoms with Crippen LogP contribution in [0.2, 0.25) is 0 Å². The zero-order chi connectivity index (χ0) is 12.8. The zero-order valence-corrected chi connectivity index (χ0v) is 8.74. The molecule has 0 saturated heterocycles. The average Bonchev–Trinajstić information content (AvgIpc) is 2.11. The fourth-order valence-electron chi connectivity index (χ4n) is 0.898. The average molecular weight is 248 g/mol. The molecule has 0 rings (SSSR count). The predicted octanol–water partition coefficient (Wildman–Crippen LogP) is 3.31. The lowest BCUT2D eigenvalue weighted by atomic mass is 10.2. The van der Waals surface area contributed by atoms with Crippen molar-refractivity contribution in [2.45, 2.75) is 44.7 Å². The maximum absolute atomic E-state index is 12.3. The Morgan fingerprint density at radius 3 is 2.19 bits per heavy atom. The third kappa shape index (κ3) is 5.27. The van der Waals surface area contributed by atoms with Crippen molar-refractivity contribution in [1.29, 1.82) is 0 Å². The predicted molar refractivity (Wildman–Crippen MR) is 46.1 cm³/mol. The molecular weight excluding hydrogens is 235 g/mol. The summed E-state index contributed by atoms with van der Waals surface area (Å²) >= 11 is 0. The number of hydrogen-bond acceptors (Lipinski definition) is 2. The first-order valence-electron chi connectivity index (χ1n) is 4.81. The molecule has 0 aliphatic carbocycles. The summed E-state index contributed by atoms with van der Waals surface area (Å²) in [5, 5.41) is 0. The van der Waals surface area contributed by atoms with E-state index >= 15 is 0 Å². The molecule has 0 heterocycles. The Kier molecular flexibility index (Phi) is 5.67. The van der Waals surface area contributed by atoms with E-state index in [4.69, 9.17) is 0 Å². The second-order valence-corrected chi connectivity index (χ2v) is 3.28.